The molecule has 0 aromatic heterocycles. The van der Waals surface area contributed by atoms with E-state index in [1.165, 1.54) is 11.9 Å². The van der Waals surface area contributed by atoms with Crippen LogP contribution in [0, 0.1) is 0 Å². The van der Waals surface area contributed by atoms with Crippen LogP contribution in [0.25, 0.3) is 0 Å². The van der Waals surface area contributed by atoms with Gasteiger partial charge >= 0.3 is 12.1 Å². The van der Waals surface area contributed by atoms with E-state index in [4.69, 9.17) is 4.74 Å². The van der Waals surface area contributed by atoms with Gasteiger partial charge in [0.25, 0.3) is 5.91 Å². The number of nitrogens with zero attached hydrogens (tertiary/aromatic N) is 2. The van der Waals surface area contributed by atoms with Crippen LogP contribution >= 0.6 is 0 Å². The van der Waals surface area contributed by atoms with Gasteiger partial charge in [0.05, 0.1) is 0 Å². The number of rotatable bonds is 3. The van der Waals surface area contributed by atoms with E-state index in [9.17, 15) is 24.3 Å². The molecule has 1 unspecified atom stereocenters. The predicted octanol–water partition coefficient (Wildman–Crippen LogP) is -0.120. The number of ketones is 1. The second-order valence-electron chi connectivity index (χ2n) is 6.38. The van der Waals surface area contributed by atoms with Crippen molar-refractivity contribution in [1.82, 2.24) is 15.3 Å². The summed E-state index contributed by atoms with van der Waals surface area (Å²) in [5.41, 5.74) is -0.992. The van der Waals surface area contributed by atoms with Gasteiger partial charge in [0.15, 0.2) is 11.5 Å². The topological polar surface area (TPSA) is 116 Å². The van der Waals surface area contributed by atoms with Crippen LogP contribution in [-0.4, -0.2) is 63.6 Å². The molecule has 0 saturated carbocycles. The molecule has 0 aromatic carbocycles. The molecule has 1 saturated heterocycles. The van der Waals surface area contributed by atoms with Gasteiger partial charge in [-0.3, -0.25) is 9.59 Å². The minimum Gasteiger partial charge on any atom is -0.477 e. The number of Topliss-reactive ketones (excluding diaryl/α,β-unsaturated/α-hetero) is 1. The fourth-order valence-corrected chi connectivity index (χ4v) is 2.48. The van der Waals surface area contributed by atoms with Crippen LogP contribution < -0.4 is 5.32 Å². The van der Waals surface area contributed by atoms with Crippen LogP contribution in [-0.2, 0) is 19.1 Å². The van der Waals surface area contributed by atoms with Gasteiger partial charge in [-0.25, -0.2) is 19.6 Å². The summed E-state index contributed by atoms with van der Waals surface area (Å²) in [6.45, 7) is 6.42. The lowest BCUT2D eigenvalue weighted by atomic mass is 10.1. The number of nitrogens with one attached hydrogen (secondary N) is 1. The Kier molecular flexibility index (Phi) is 4.16. The van der Waals surface area contributed by atoms with Gasteiger partial charge in [-0.2, -0.15) is 0 Å². The SMILES string of the molecule is CC(=O)C1=C(C(=O)O)N2C(=O)C(NC(=O)OC(C)(C)C)CN2C1. The summed E-state index contributed by atoms with van der Waals surface area (Å²) in [5.74, 6) is -2.37. The maximum atomic E-state index is 12.4. The maximum Gasteiger partial charge on any atom is 0.408 e. The van der Waals surface area contributed by atoms with Crippen molar-refractivity contribution >= 4 is 23.8 Å². The van der Waals surface area contributed by atoms with Crippen molar-refractivity contribution in [2.75, 3.05) is 13.1 Å². The number of carboxylic acid groups (broad SMARTS) is 1. The van der Waals surface area contributed by atoms with Gasteiger partial charge in [0.1, 0.15) is 11.6 Å². The van der Waals surface area contributed by atoms with Crippen molar-refractivity contribution in [1.29, 1.82) is 0 Å². The van der Waals surface area contributed by atoms with Crippen molar-refractivity contribution in [2.24, 2.45) is 0 Å². The summed E-state index contributed by atoms with van der Waals surface area (Å²) in [4.78, 5) is 47.1. The highest BCUT2D eigenvalue weighted by molar-refractivity contribution is 6.06. The lowest BCUT2D eigenvalue weighted by molar-refractivity contribution is -0.143. The van der Waals surface area contributed by atoms with Crippen LogP contribution in [0.4, 0.5) is 4.79 Å². The average Bonchev–Trinajstić information content (AvgIpc) is 2.85. The summed E-state index contributed by atoms with van der Waals surface area (Å²) in [5, 5.41) is 14.1. The number of hydrogen-bond acceptors (Lipinski definition) is 6. The molecule has 1 atom stereocenters. The first-order valence-corrected chi connectivity index (χ1v) is 7.07. The van der Waals surface area contributed by atoms with Crippen LogP contribution in [0.3, 0.4) is 0 Å². The zero-order chi connectivity index (χ0) is 17.5. The molecule has 1 fully saturated rings. The number of amides is 2. The number of carbonyl (C=O) groups excluding carboxylic acids is 3. The van der Waals surface area contributed by atoms with Crippen LogP contribution in [0.1, 0.15) is 27.7 Å². The van der Waals surface area contributed by atoms with Crippen molar-refractivity contribution in [3.63, 3.8) is 0 Å². The minimum absolute atomic E-state index is 0.0230. The van der Waals surface area contributed by atoms with Gasteiger partial charge in [-0.1, -0.05) is 0 Å². The molecule has 2 aliphatic rings. The van der Waals surface area contributed by atoms with Gasteiger partial charge in [0, 0.05) is 18.7 Å². The standard InChI is InChI=1S/C14H19N3O6/c1-7(18)8-5-16-6-9(15-13(22)23-14(2,3)4)11(19)17(16)10(8)12(20)21/h9H,5-6H2,1-4H3,(H,15,22)(H,20,21). The largest absolute Gasteiger partial charge is 0.477 e. The second kappa shape index (κ2) is 5.65. The molecular formula is C14H19N3O6. The Labute approximate surface area is 132 Å². The second-order valence-corrected chi connectivity index (χ2v) is 6.38. The monoisotopic (exact) mass is 325 g/mol. The Morgan fingerprint density at radius 1 is 1.30 bits per heavy atom. The van der Waals surface area contributed by atoms with E-state index in [0.717, 1.165) is 5.01 Å². The molecule has 0 radical (unpaired) electrons. The number of alkyl carbamates (subject to hydrolysis) is 1. The molecule has 2 N–H and O–H groups in total. The smallest absolute Gasteiger partial charge is 0.408 e. The van der Waals surface area contributed by atoms with Crippen LogP contribution in [0.15, 0.2) is 11.3 Å². The third kappa shape index (κ3) is 3.34. The number of hydrazine groups is 1. The van der Waals surface area contributed by atoms with Crippen molar-refractivity contribution in [3.8, 4) is 0 Å². The molecule has 126 valence electrons. The van der Waals surface area contributed by atoms with Crippen LogP contribution in [0.2, 0.25) is 0 Å². The van der Waals surface area contributed by atoms with Gasteiger partial charge in [-0.15, -0.1) is 0 Å². The number of aliphatic carboxylic acids is 1. The summed E-state index contributed by atoms with van der Waals surface area (Å²) >= 11 is 0. The van der Waals surface area contributed by atoms with Crippen LogP contribution in [0.5, 0.6) is 0 Å². The lowest BCUT2D eigenvalue weighted by Gasteiger charge is -2.21. The van der Waals surface area contributed by atoms with E-state index in [1.807, 2.05) is 0 Å². The molecule has 9 heteroatoms. The molecule has 0 aliphatic carbocycles. The molecular weight excluding hydrogens is 306 g/mol. The maximum absolute atomic E-state index is 12.4. The molecule has 2 aliphatic heterocycles. The first-order valence-electron chi connectivity index (χ1n) is 7.07. The Morgan fingerprint density at radius 3 is 2.39 bits per heavy atom. The number of hydrogen-bond donors (Lipinski definition) is 2. The highest BCUT2D eigenvalue weighted by Gasteiger charge is 2.48. The Balaban J connectivity index is 2.16. The molecule has 0 spiro atoms. The van der Waals surface area contributed by atoms with Gasteiger partial charge in [-0.05, 0) is 27.7 Å². The van der Waals surface area contributed by atoms with Crippen molar-refractivity contribution < 1.29 is 29.0 Å². The quantitative estimate of drug-likeness (QED) is 0.743. The predicted molar refractivity (Wildman–Crippen MR) is 76.9 cm³/mol. The average molecular weight is 325 g/mol. The summed E-state index contributed by atoms with van der Waals surface area (Å²) < 4.78 is 5.08. The third-order valence-electron chi connectivity index (χ3n) is 3.34. The highest BCUT2D eigenvalue weighted by atomic mass is 16.6. The number of carboxylic acids is 1. The highest BCUT2D eigenvalue weighted by Crippen LogP contribution is 2.29. The van der Waals surface area contributed by atoms with E-state index in [2.05, 4.69) is 5.32 Å². The Bertz CT molecular complexity index is 618. The third-order valence-corrected chi connectivity index (χ3v) is 3.34. The molecule has 2 amide bonds. The number of carbonyl (C=O) groups is 4. The molecule has 23 heavy (non-hydrogen) atoms. The normalized spacial score (nSPS) is 21.5. The summed E-state index contributed by atoms with van der Waals surface area (Å²) in [6, 6.07) is -0.923. The Morgan fingerprint density at radius 2 is 1.91 bits per heavy atom. The minimum atomic E-state index is -1.36. The number of fused-ring (bicyclic) bond motifs is 1. The molecule has 0 aromatic rings. The zero-order valence-electron chi connectivity index (χ0n) is 13.4. The molecule has 2 rings (SSSR count). The zero-order valence-corrected chi connectivity index (χ0v) is 13.4. The first kappa shape index (κ1) is 16.9. The molecule has 2 heterocycles. The van der Waals surface area contributed by atoms with E-state index in [0.29, 0.717) is 0 Å². The fourth-order valence-electron chi connectivity index (χ4n) is 2.48. The lowest BCUT2D eigenvalue weighted by Crippen LogP contribution is -2.45. The molecule has 0 bridgehead atoms. The number of ether oxygens (including phenoxy) is 1. The van der Waals surface area contributed by atoms with Gasteiger partial charge < -0.3 is 15.2 Å². The van der Waals surface area contributed by atoms with Gasteiger partial charge in [0.2, 0.25) is 0 Å². The first-order chi connectivity index (χ1) is 10.5. The van der Waals surface area contributed by atoms with E-state index in [-0.39, 0.29) is 24.4 Å². The van der Waals surface area contributed by atoms with E-state index >= 15 is 0 Å². The summed E-state index contributed by atoms with van der Waals surface area (Å²) in [6.07, 6.45) is -0.758. The fraction of sp³-hybridized carbons (Fsp3) is 0.571. The van der Waals surface area contributed by atoms with Crippen molar-refractivity contribution in [2.45, 2.75) is 39.3 Å². The summed E-state index contributed by atoms with van der Waals surface area (Å²) in [7, 11) is 0. The van der Waals surface area contributed by atoms with E-state index < -0.39 is 35.4 Å². The van der Waals surface area contributed by atoms with E-state index in [1.54, 1.807) is 20.8 Å². The van der Waals surface area contributed by atoms with Crippen molar-refractivity contribution in [3.05, 3.63) is 11.3 Å². The molecule has 9 nitrogen and oxygen atoms in total. The Hall–Kier alpha value is -2.42.